The van der Waals surface area contributed by atoms with Crippen LogP contribution in [-0.2, 0) is 19.1 Å². The smallest absolute Gasteiger partial charge is 0.312 e. The van der Waals surface area contributed by atoms with E-state index in [2.05, 4.69) is 20.8 Å². The maximum atomic E-state index is 13.0. The minimum atomic E-state index is -0.715. The maximum Gasteiger partial charge on any atom is 0.312 e. The van der Waals surface area contributed by atoms with Crippen molar-refractivity contribution in [1.29, 1.82) is 0 Å². The monoisotopic (exact) mass is 379 g/mol. The standard InChI is InChI=1S/C22H37NO4/c1-19(2,3)15-21(7,20(4,5)6)18(26)27-14-17(25)23-16(24)13-22(23)11-9-8-10-12-22/h8-15H2,1-7H3. The van der Waals surface area contributed by atoms with Crippen LogP contribution in [0.25, 0.3) is 0 Å². The molecule has 0 aromatic heterocycles. The third-order valence-electron chi connectivity index (χ3n) is 6.55. The number of ether oxygens (including phenoxy) is 1. The summed E-state index contributed by atoms with van der Waals surface area (Å²) in [6.07, 6.45) is 6.11. The molecule has 1 saturated heterocycles. The van der Waals surface area contributed by atoms with Crippen LogP contribution < -0.4 is 0 Å². The Morgan fingerprint density at radius 3 is 2.00 bits per heavy atom. The van der Waals surface area contributed by atoms with Crippen molar-refractivity contribution in [3.05, 3.63) is 0 Å². The summed E-state index contributed by atoms with van der Waals surface area (Å²) < 4.78 is 5.50. The Kier molecular flexibility index (Phi) is 5.85. The number of hydrogen-bond donors (Lipinski definition) is 0. The van der Waals surface area contributed by atoms with Gasteiger partial charge in [-0.2, -0.15) is 0 Å². The SMILES string of the molecule is CC(C)(C)CC(C)(C(=O)OCC(=O)N1C(=O)CC12CCCCC2)C(C)(C)C. The maximum absolute atomic E-state index is 13.0. The number of amides is 2. The fourth-order valence-electron chi connectivity index (χ4n) is 4.68. The van der Waals surface area contributed by atoms with Gasteiger partial charge in [0.05, 0.1) is 17.4 Å². The van der Waals surface area contributed by atoms with Crippen LogP contribution in [0.1, 0.15) is 93.4 Å². The molecule has 1 unspecified atom stereocenters. The first kappa shape index (κ1) is 21.9. The van der Waals surface area contributed by atoms with Gasteiger partial charge < -0.3 is 4.74 Å². The number of carbonyl (C=O) groups excluding carboxylic acids is 3. The molecule has 1 aliphatic heterocycles. The molecule has 1 heterocycles. The number of carbonyl (C=O) groups is 3. The molecule has 2 amide bonds. The number of likely N-dealkylation sites (tertiary alicyclic amines) is 1. The van der Waals surface area contributed by atoms with Gasteiger partial charge in [-0.05, 0) is 37.0 Å². The van der Waals surface area contributed by atoms with E-state index < -0.39 is 5.41 Å². The first-order valence-electron chi connectivity index (χ1n) is 10.3. The molecule has 0 aromatic rings. The molecule has 2 fully saturated rings. The van der Waals surface area contributed by atoms with Gasteiger partial charge in [0.1, 0.15) is 0 Å². The molecule has 27 heavy (non-hydrogen) atoms. The molecule has 5 nitrogen and oxygen atoms in total. The summed E-state index contributed by atoms with van der Waals surface area (Å²) in [6, 6.07) is 0. The van der Waals surface area contributed by atoms with E-state index >= 15 is 0 Å². The molecule has 154 valence electrons. The van der Waals surface area contributed by atoms with Crippen molar-refractivity contribution >= 4 is 17.8 Å². The van der Waals surface area contributed by atoms with Gasteiger partial charge >= 0.3 is 5.97 Å². The molecule has 2 rings (SSSR count). The van der Waals surface area contributed by atoms with E-state index in [0.717, 1.165) is 32.1 Å². The number of hydrogen-bond acceptors (Lipinski definition) is 4. The quantitative estimate of drug-likeness (QED) is 0.534. The molecule has 1 saturated carbocycles. The molecular weight excluding hydrogens is 342 g/mol. The lowest BCUT2D eigenvalue weighted by Gasteiger charge is -2.52. The molecule has 1 atom stereocenters. The highest BCUT2D eigenvalue weighted by molar-refractivity contribution is 6.02. The van der Waals surface area contributed by atoms with Gasteiger partial charge in [0, 0.05) is 0 Å². The van der Waals surface area contributed by atoms with E-state index in [9.17, 15) is 14.4 Å². The van der Waals surface area contributed by atoms with E-state index in [1.54, 1.807) is 0 Å². The summed E-state index contributed by atoms with van der Waals surface area (Å²) in [5.74, 6) is -0.858. The number of nitrogens with zero attached hydrogens (tertiary/aromatic N) is 1. The average molecular weight is 380 g/mol. The number of esters is 1. The molecule has 5 heteroatoms. The Balaban J connectivity index is 2.06. The van der Waals surface area contributed by atoms with Gasteiger partial charge in [-0.15, -0.1) is 0 Å². The first-order valence-corrected chi connectivity index (χ1v) is 10.3. The molecule has 0 N–H and O–H groups in total. The zero-order valence-corrected chi connectivity index (χ0v) is 18.2. The van der Waals surface area contributed by atoms with Crippen LogP contribution in [0, 0.1) is 16.2 Å². The summed E-state index contributed by atoms with van der Waals surface area (Å²) in [5, 5.41) is 0. The summed E-state index contributed by atoms with van der Waals surface area (Å²) in [7, 11) is 0. The van der Waals surface area contributed by atoms with Gasteiger partial charge in [-0.25, -0.2) is 0 Å². The Hall–Kier alpha value is -1.39. The van der Waals surface area contributed by atoms with Gasteiger partial charge in [-0.1, -0.05) is 60.8 Å². The van der Waals surface area contributed by atoms with Crippen molar-refractivity contribution in [3.63, 3.8) is 0 Å². The van der Waals surface area contributed by atoms with Crippen molar-refractivity contribution in [1.82, 2.24) is 4.90 Å². The van der Waals surface area contributed by atoms with Crippen molar-refractivity contribution in [2.24, 2.45) is 16.2 Å². The third kappa shape index (κ3) is 4.38. The average Bonchev–Trinajstić information content (AvgIpc) is 2.50. The van der Waals surface area contributed by atoms with Crippen molar-refractivity contribution < 1.29 is 19.1 Å². The largest absolute Gasteiger partial charge is 0.455 e. The third-order valence-corrected chi connectivity index (χ3v) is 6.55. The lowest BCUT2D eigenvalue weighted by Crippen LogP contribution is -2.67. The van der Waals surface area contributed by atoms with Crippen LogP contribution in [0.5, 0.6) is 0 Å². The van der Waals surface area contributed by atoms with E-state index in [1.807, 2.05) is 27.7 Å². The van der Waals surface area contributed by atoms with E-state index in [-0.39, 0.29) is 40.8 Å². The predicted molar refractivity (Wildman–Crippen MR) is 105 cm³/mol. The Morgan fingerprint density at radius 2 is 1.56 bits per heavy atom. The lowest BCUT2D eigenvalue weighted by atomic mass is 9.61. The van der Waals surface area contributed by atoms with Crippen molar-refractivity contribution in [3.8, 4) is 0 Å². The Labute approximate surface area is 164 Å². The van der Waals surface area contributed by atoms with Crippen molar-refractivity contribution in [2.75, 3.05) is 6.61 Å². The van der Waals surface area contributed by atoms with Crippen LogP contribution in [0.2, 0.25) is 0 Å². The molecule has 1 spiro atoms. The van der Waals surface area contributed by atoms with Gasteiger partial charge in [0.25, 0.3) is 5.91 Å². The zero-order valence-electron chi connectivity index (χ0n) is 18.2. The summed E-state index contributed by atoms with van der Waals surface area (Å²) in [5.41, 5.74) is -1.38. The first-order chi connectivity index (χ1) is 12.2. The van der Waals surface area contributed by atoms with E-state index in [0.29, 0.717) is 12.8 Å². The predicted octanol–water partition coefficient (Wildman–Crippen LogP) is 4.48. The Bertz CT molecular complexity index is 605. The second kappa shape index (κ2) is 7.21. The zero-order chi connectivity index (χ0) is 20.7. The van der Waals surface area contributed by atoms with Crippen molar-refractivity contribution in [2.45, 2.75) is 99.0 Å². The molecule has 0 aromatic carbocycles. The van der Waals surface area contributed by atoms with Gasteiger partial charge in [0.15, 0.2) is 6.61 Å². The highest BCUT2D eigenvalue weighted by atomic mass is 16.5. The number of rotatable bonds is 4. The topological polar surface area (TPSA) is 63.7 Å². The van der Waals surface area contributed by atoms with Crippen LogP contribution in [0.15, 0.2) is 0 Å². The Morgan fingerprint density at radius 1 is 1.00 bits per heavy atom. The molecule has 1 aliphatic carbocycles. The highest BCUT2D eigenvalue weighted by Crippen LogP contribution is 2.48. The summed E-state index contributed by atoms with van der Waals surface area (Å²) in [4.78, 5) is 39.2. The lowest BCUT2D eigenvalue weighted by molar-refractivity contribution is -0.180. The number of imide groups is 1. The number of β-lactam (4-membered cyclic amide) rings is 1. The molecule has 0 bridgehead atoms. The van der Waals surface area contributed by atoms with E-state index in [1.165, 1.54) is 4.90 Å². The normalized spacial score (nSPS) is 22.2. The minimum Gasteiger partial charge on any atom is -0.455 e. The van der Waals surface area contributed by atoms with E-state index in [4.69, 9.17) is 4.74 Å². The summed E-state index contributed by atoms with van der Waals surface area (Å²) >= 11 is 0. The highest BCUT2D eigenvalue weighted by Gasteiger charge is 2.54. The van der Waals surface area contributed by atoms with Gasteiger partial charge in [0.2, 0.25) is 5.91 Å². The summed E-state index contributed by atoms with van der Waals surface area (Å²) in [6.45, 7) is 13.9. The van der Waals surface area contributed by atoms with Crippen LogP contribution in [0.3, 0.4) is 0 Å². The molecule has 0 radical (unpaired) electrons. The molecule has 2 aliphatic rings. The van der Waals surface area contributed by atoms with Gasteiger partial charge in [-0.3, -0.25) is 19.3 Å². The van der Waals surface area contributed by atoms with Crippen LogP contribution in [0.4, 0.5) is 0 Å². The second-order valence-corrected chi connectivity index (χ2v) is 11.0. The fraction of sp³-hybridized carbons (Fsp3) is 0.864. The fourth-order valence-corrected chi connectivity index (χ4v) is 4.68. The van der Waals surface area contributed by atoms with Crippen LogP contribution >= 0.6 is 0 Å². The second-order valence-electron chi connectivity index (χ2n) is 11.0. The molecular formula is C22H37NO4. The minimum absolute atomic E-state index is 0.0509. The van der Waals surface area contributed by atoms with Crippen LogP contribution in [-0.4, -0.2) is 34.8 Å².